The van der Waals surface area contributed by atoms with E-state index >= 15 is 0 Å². The van der Waals surface area contributed by atoms with Crippen molar-refractivity contribution < 1.29 is 26.7 Å². The molecule has 1 fully saturated rings. The van der Waals surface area contributed by atoms with E-state index in [9.17, 15) is 26.7 Å². The summed E-state index contributed by atoms with van der Waals surface area (Å²) < 4.78 is 69.9. The molecule has 0 atom stereocenters. The van der Waals surface area contributed by atoms with Crippen LogP contribution < -0.4 is 11.1 Å². The maximum atomic E-state index is 14.3. The standard InChI is InChI=1S/C24H34F5N3O.C2H6/c1-6-8-18(9-11-30)31-21(33)14-19(13-20(17(3)7-2)24(27,28)29)32-12-10-23(25,26)15-22(4,5)16-32;1-2/h7-9,11,13H,2,6,10,12,14-16,30H2,1,3-5H3,(H,31,33);1-2H3/b11-9-,18-8+,19-13+,20-17+;. The summed E-state index contributed by atoms with van der Waals surface area (Å²) in [6.07, 6.45) is 0.891. The van der Waals surface area contributed by atoms with E-state index in [1.165, 1.54) is 24.1 Å². The zero-order valence-electron chi connectivity index (χ0n) is 21.7. The van der Waals surface area contributed by atoms with Gasteiger partial charge in [-0.3, -0.25) is 4.79 Å². The number of rotatable bonds is 8. The first kappa shape index (κ1) is 32.4. The number of nitrogens with one attached hydrogen (secondary N) is 1. The average Bonchev–Trinajstić information content (AvgIpc) is 2.85. The molecule has 1 aliphatic rings. The molecule has 3 N–H and O–H groups in total. The van der Waals surface area contributed by atoms with Crippen molar-refractivity contribution in [3.8, 4) is 0 Å². The molecule has 35 heavy (non-hydrogen) atoms. The normalized spacial score (nSPS) is 19.3. The van der Waals surface area contributed by atoms with Crippen LogP contribution in [0.3, 0.4) is 0 Å². The van der Waals surface area contributed by atoms with Gasteiger partial charge in [-0.25, -0.2) is 8.78 Å². The van der Waals surface area contributed by atoms with Gasteiger partial charge in [0.2, 0.25) is 11.8 Å². The molecule has 0 spiro atoms. The molecule has 200 valence electrons. The van der Waals surface area contributed by atoms with Crippen molar-refractivity contribution in [2.75, 3.05) is 13.1 Å². The van der Waals surface area contributed by atoms with Gasteiger partial charge in [-0.05, 0) is 42.7 Å². The van der Waals surface area contributed by atoms with Gasteiger partial charge in [0, 0.05) is 37.3 Å². The van der Waals surface area contributed by atoms with Gasteiger partial charge in [0.15, 0.2) is 0 Å². The molecule has 1 rings (SSSR count). The third-order valence-electron chi connectivity index (χ3n) is 5.18. The second-order valence-electron chi connectivity index (χ2n) is 8.95. The second kappa shape index (κ2) is 14.1. The predicted octanol–water partition coefficient (Wildman–Crippen LogP) is 6.99. The smallest absolute Gasteiger partial charge is 0.405 e. The highest BCUT2D eigenvalue weighted by molar-refractivity contribution is 5.80. The maximum Gasteiger partial charge on any atom is 0.416 e. The number of allylic oxidation sites excluding steroid dienone is 6. The molecular weight excluding hydrogens is 465 g/mol. The number of halogens is 5. The summed E-state index contributed by atoms with van der Waals surface area (Å²) in [4.78, 5) is 14.2. The minimum absolute atomic E-state index is 0.0133. The van der Waals surface area contributed by atoms with Gasteiger partial charge in [-0.2, -0.15) is 13.2 Å². The summed E-state index contributed by atoms with van der Waals surface area (Å²) in [7, 11) is 0. The maximum absolute atomic E-state index is 14.3. The summed E-state index contributed by atoms with van der Waals surface area (Å²) >= 11 is 0. The molecule has 0 aromatic carbocycles. The Morgan fingerprint density at radius 2 is 1.83 bits per heavy atom. The van der Waals surface area contributed by atoms with Crippen molar-refractivity contribution in [3.05, 3.63) is 59.6 Å². The van der Waals surface area contributed by atoms with Crippen LogP contribution in [0.4, 0.5) is 22.0 Å². The average molecular weight is 506 g/mol. The summed E-state index contributed by atoms with van der Waals surface area (Å²) in [5, 5.41) is 2.62. The molecule has 0 unspecified atom stereocenters. The van der Waals surface area contributed by atoms with E-state index < -0.39 is 48.3 Å². The van der Waals surface area contributed by atoms with Crippen LogP contribution in [0.2, 0.25) is 0 Å². The Kier molecular flexibility index (Phi) is 13.1. The lowest BCUT2D eigenvalue weighted by Gasteiger charge is -2.33. The van der Waals surface area contributed by atoms with E-state index in [1.807, 2.05) is 20.8 Å². The van der Waals surface area contributed by atoms with Gasteiger partial charge in [-0.15, -0.1) is 0 Å². The number of amides is 1. The monoisotopic (exact) mass is 505 g/mol. The van der Waals surface area contributed by atoms with E-state index in [1.54, 1.807) is 19.9 Å². The molecular formula is C26H40F5N3O. The zero-order chi connectivity index (χ0) is 27.4. The van der Waals surface area contributed by atoms with Crippen LogP contribution in [0.15, 0.2) is 59.6 Å². The molecule has 1 heterocycles. The van der Waals surface area contributed by atoms with Crippen LogP contribution in [0.25, 0.3) is 0 Å². The lowest BCUT2D eigenvalue weighted by molar-refractivity contribution is -0.120. The van der Waals surface area contributed by atoms with Gasteiger partial charge in [0.1, 0.15) is 0 Å². The van der Waals surface area contributed by atoms with E-state index in [0.717, 1.165) is 12.2 Å². The van der Waals surface area contributed by atoms with Crippen molar-refractivity contribution in [1.29, 1.82) is 0 Å². The van der Waals surface area contributed by atoms with Gasteiger partial charge in [0.05, 0.1) is 12.0 Å². The molecule has 1 amide bonds. The number of carbonyl (C=O) groups excluding carboxylic acids is 1. The van der Waals surface area contributed by atoms with Crippen molar-refractivity contribution in [2.45, 2.75) is 79.3 Å². The number of alkyl halides is 5. The van der Waals surface area contributed by atoms with E-state index in [-0.39, 0.29) is 24.4 Å². The van der Waals surface area contributed by atoms with E-state index in [2.05, 4.69) is 11.9 Å². The molecule has 0 bridgehead atoms. The summed E-state index contributed by atoms with van der Waals surface area (Å²) in [5.41, 5.74) is 3.83. The van der Waals surface area contributed by atoms with Crippen LogP contribution in [-0.2, 0) is 4.79 Å². The largest absolute Gasteiger partial charge is 0.416 e. The highest BCUT2D eigenvalue weighted by Gasteiger charge is 2.42. The molecule has 1 aliphatic heterocycles. The fraction of sp³-hybridized carbons (Fsp3) is 0.577. The Hall–Kier alpha value is -2.58. The van der Waals surface area contributed by atoms with Crippen LogP contribution >= 0.6 is 0 Å². The molecule has 0 aromatic heterocycles. The first-order valence-electron chi connectivity index (χ1n) is 11.8. The Labute approximate surface area is 206 Å². The predicted molar refractivity (Wildman–Crippen MR) is 132 cm³/mol. The van der Waals surface area contributed by atoms with Gasteiger partial charge in [0.25, 0.3) is 0 Å². The molecule has 4 nitrogen and oxygen atoms in total. The Balaban J connectivity index is 0.00000562. The van der Waals surface area contributed by atoms with Crippen molar-refractivity contribution in [1.82, 2.24) is 10.2 Å². The van der Waals surface area contributed by atoms with Crippen LogP contribution in [0, 0.1) is 5.41 Å². The second-order valence-corrected chi connectivity index (χ2v) is 8.95. The van der Waals surface area contributed by atoms with Crippen LogP contribution in [-0.4, -0.2) is 36.0 Å². The number of carbonyl (C=O) groups is 1. The fourth-order valence-corrected chi connectivity index (χ4v) is 3.79. The third kappa shape index (κ3) is 11.6. The Morgan fingerprint density at radius 1 is 1.23 bits per heavy atom. The Bertz CT molecular complexity index is 836. The first-order valence-corrected chi connectivity index (χ1v) is 11.8. The van der Waals surface area contributed by atoms with Gasteiger partial charge < -0.3 is 16.0 Å². The summed E-state index contributed by atoms with van der Waals surface area (Å²) in [6.45, 7) is 13.7. The van der Waals surface area contributed by atoms with Gasteiger partial charge >= 0.3 is 6.18 Å². The minimum Gasteiger partial charge on any atom is -0.405 e. The Morgan fingerprint density at radius 3 is 2.31 bits per heavy atom. The highest BCUT2D eigenvalue weighted by Crippen LogP contribution is 2.40. The molecule has 0 saturated carbocycles. The fourth-order valence-electron chi connectivity index (χ4n) is 3.79. The van der Waals surface area contributed by atoms with Crippen LogP contribution in [0.1, 0.15) is 67.2 Å². The number of likely N-dealkylation sites (tertiary alicyclic amines) is 1. The van der Waals surface area contributed by atoms with E-state index in [4.69, 9.17) is 5.73 Å². The number of nitrogens with two attached hydrogens (primary N) is 1. The zero-order valence-corrected chi connectivity index (χ0v) is 21.7. The molecule has 1 saturated heterocycles. The number of hydrogen-bond acceptors (Lipinski definition) is 3. The molecule has 0 aliphatic carbocycles. The minimum atomic E-state index is -4.71. The van der Waals surface area contributed by atoms with Crippen molar-refractivity contribution >= 4 is 5.91 Å². The van der Waals surface area contributed by atoms with Crippen molar-refractivity contribution in [2.24, 2.45) is 11.1 Å². The molecule has 0 radical (unpaired) electrons. The SMILES string of the molecule is C=C/C(C)=C(\C=C(/CC(=O)NC(/C=C\N)=C/CC)N1CCC(F)(F)CC(C)(C)C1)C(F)(F)F.CC. The quantitative estimate of drug-likeness (QED) is 0.276. The lowest BCUT2D eigenvalue weighted by Crippen LogP contribution is -2.35. The van der Waals surface area contributed by atoms with Gasteiger partial charge in [-0.1, -0.05) is 53.3 Å². The van der Waals surface area contributed by atoms with Crippen LogP contribution in [0.5, 0.6) is 0 Å². The molecule has 0 aromatic rings. The lowest BCUT2D eigenvalue weighted by atomic mass is 9.86. The van der Waals surface area contributed by atoms with Crippen molar-refractivity contribution in [3.63, 3.8) is 0 Å². The number of hydrogen-bond donors (Lipinski definition) is 2. The molecule has 9 heteroatoms. The summed E-state index contributed by atoms with van der Waals surface area (Å²) in [6, 6.07) is 0. The third-order valence-corrected chi connectivity index (χ3v) is 5.18. The van der Waals surface area contributed by atoms with E-state index in [0.29, 0.717) is 12.1 Å². The summed E-state index contributed by atoms with van der Waals surface area (Å²) in [5.74, 6) is -3.53. The highest BCUT2D eigenvalue weighted by atomic mass is 19.4. The topological polar surface area (TPSA) is 58.4 Å². The number of nitrogens with zero attached hydrogens (tertiary/aromatic N) is 1. The first-order chi connectivity index (χ1) is 16.1.